The zero-order valence-corrected chi connectivity index (χ0v) is 11.9. The summed E-state index contributed by atoms with van der Waals surface area (Å²) in [6.07, 6.45) is 4.28. The maximum absolute atomic E-state index is 10.0. The molecule has 0 bridgehead atoms. The number of aliphatic hydroxyl groups excluding tert-OH is 1. The van der Waals surface area contributed by atoms with Crippen LogP contribution >= 0.6 is 0 Å². The molecule has 2 rings (SSSR count). The molecule has 20 heavy (non-hydrogen) atoms. The number of hydrogen-bond acceptors (Lipinski definition) is 6. The fraction of sp³-hybridized carbons (Fsp3) is 0.538. The van der Waals surface area contributed by atoms with Crippen LogP contribution in [-0.2, 0) is 0 Å². The molecule has 1 heterocycles. The Morgan fingerprint density at radius 2 is 1.80 bits per heavy atom. The molecule has 1 fully saturated rings. The summed E-state index contributed by atoms with van der Waals surface area (Å²) in [5.41, 5.74) is 1.03. The average Bonchev–Trinajstić information content (AvgIpc) is 2.39. The fourth-order valence-electron chi connectivity index (χ4n) is 2.21. The first kappa shape index (κ1) is 17.3. The Hall–Kier alpha value is -0.730. The monoisotopic (exact) mass is 307 g/mol. The second-order valence-corrected chi connectivity index (χ2v) is 5.61. The molecular weight excluding hydrogens is 286 g/mol. The van der Waals surface area contributed by atoms with Crippen LogP contribution in [0.4, 0.5) is 0 Å². The van der Waals surface area contributed by atoms with E-state index in [1.807, 2.05) is 30.3 Å². The number of aliphatic hydroxyl groups is 1. The molecule has 116 valence electrons. The minimum absolute atomic E-state index is 0.318. The number of nitrogens with one attached hydrogen (secondary N) is 1. The number of rotatable bonds is 3. The molecule has 5 N–H and O–H groups in total. The Balaban J connectivity index is 0.000000347. The molecule has 2 unspecified atom stereocenters. The fourth-order valence-corrected chi connectivity index (χ4v) is 2.21. The Labute approximate surface area is 120 Å². The van der Waals surface area contributed by atoms with Gasteiger partial charge in [-0.3, -0.25) is 0 Å². The van der Waals surface area contributed by atoms with Gasteiger partial charge in [0.1, 0.15) is 0 Å². The number of benzene rings is 1. The summed E-state index contributed by atoms with van der Waals surface area (Å²) in [6.45, 7) is 1.10. The van der Waals surface area contributed by atoms with Crippen LogP contribution in [0.5, 0.6) is 0 Å². The van der Waals surface area contributed by atoms with Crippen LogP contribution in [0.15, 0.2) is 30.3 Å². The van der Waals surface area contributed by atoms with E-state index in [-0.39, 0.29) is 6.10 Å². The first-order chi connectivity index (χ1) is 9.36. The maximum atomic E-state index is 10.0. The quantitative estimate of drug-likeness (QED) is 0.509. The van der Waals surface area contributed by atoms with Gasteiger partial charge in [0, 0.05) is 6.04 Å². The zero-order valence-electron chi connectivity index (χ0n) is 11.2. The molecule has 0 radical (unpaired) electrons. The van der Waals surface area contributed by atoms with Gasteiger partial charge in [-0.15, -0.1) is 0 Å². The van der Waals surface area contributed by atoms with E-state index >= 15 is 0 Å². The van der Waals surface area contributed by atoms with E-state index in [0.717, 1.165) is 18.5 Å². The van der Waals surface area contributed by atoms with E-state index in [9.17, 15) is 5.11 Å². The van der Waals surface area contributed by atoms with Gasteiger partial charge < -0.3 is 10.4 Å². The number of piperidine rings is 1. The molecule has 0 aromatic heterocycles. The third-order valence-corrected chi connectivity index (χ3v) is 3.10. The summed E-state index contributed by atoms with van der Waals surface area (Å²) >= 11 is 0. The second-order valence-electron chi connectivity index (χ2n) is 4.74. The number of hydrogen-bond donors (Lipinski definition) is 5. The SMILES string of the molecule is OC(CC1CCCCN1)c1ccccc1.[O-][Cl+](O)(O)O. The van der Waals surface area contributed by atoms with Crippen LogP contribution in [0, 0.1) is 10.2 Å². The molecular formula is C13H22ClNO5. The molecule has 0 spiro atoms. The van der Waals surface area contributed by atoms with Crippen LogP contribution in [0.3, 0.4) is 0 Å². The summed E-state index contributed by atoms with van der Waals surface area (Å²) in [5, 5.41) is 13.5. The van der Waals surface area contributed by atoms with Crippen molar-refractivity contribution in [3.63, 3.8) is 0 Å². The number of halogens is 1. The Morgan fingerprint density at radius 3 is 2.30 bits per heavy atom. The zero-order chi connectivity index (χ0) is 15.0. The van der Waals surface area contributed by atoms with Gasteiger partial charge in [0.05, 0.1) is 6.10 Å². The van der Waals surface area contributed by atoms with Crippen LogP contribution in [-0.4, -0.2) is 31.7 Å². The topological polar surface area (TPSA) is 116 Å². The summed E-state index contributed by atoms with van der Waals surface area (Å²) in [7, 11) is -4.19. The van der Waals surface area contributed by atoms with E-state index in [2.05, 4.69) is 5.32 Å². The van der Waals surface area contributed by atoms with Crippen molar-refractivity contribution >= 4 is 0 Å². The second kappa shape index (κ2) is 8.53. The van der Waals surface area contributed by atoms with Crippen molar-refractivity contribution in [1.82, 2.24) is 5.32 Å². The van der Waals surface area contributed by atoms with Crippen molar-refractivity contribution in [2.45, 2.75) is 37.8 Å². The normalized spacial score (nSPS) is 21.6. The van der Waals surface area contributed by atoms with Crippen LogP contribution in [0.2, 0.25) is 0 Å². The molecule has 0 saturated carbocycles. The van der Waals surface area contributed by atoms with E-state index in [4.69, 9.17) is 18.6 Å². The van der Waals surface area contributed by atoms with Crippen LogP contribution < -0.4 is 9.98 Å². The minimum atomic E-state index is -4.19. The first-order valence-electron chi connectivity index (χ1n) is 6.49. The third-order valence-electron chi connectivity index (χ3n) is 3.10. The molecule has 1 aliphatic rings. The van der Waals surface area contributed by atoms with Crippen LogP contribution in [0.1, 0.15) is 37.4 Å². The van der Waals surface area contributed by atoms with Crippen molar-refractivity contribution in [1.29, 1.82) is 0 Å². The third kappa shape index (κ3) is 8.44. The molecule has 2 atom stereocenters. The van der Waals surface area contributed by atoms with E-state index in [1.54, 1.807) is 0 Å². The Kier molecular flexibility index (Phi) is 7.39. The van der Waals surface area contributed by atoms with Crippen molar-refractivity contribution in [2.75, 3.05) is 6.54 Å². The van der Waals surface area contributed by atoms with E-state index in [1.165, 1.54) is 19.3 Å². The van der Waals surface area contributed by atoms with Gasteiger partial charge in [-0.25, -0.2) is 0 Å². The molecule has 1 aromatic carbocycles. The van der Waals surface area contributed by atoms with Crippen LogP contribution in [0.25, 0.3) is 0 Å². The van der Waals surface area contributed by atoms with Gasteiger partial charge in [0.25, 0.3) is 0 Å². The van der Waals surface area contributed by atoms with Gasteiger partial charge in [-0.05, 0) is 31.4 Å². The van der Waals surface area contributed by atoms with Crippen molar-refractivity contribution < 1.29 is 34.0 Å². The van der Waals surface area contributed by atoms with Gasteiger partial charge in [0.2, 0.25) is 0 Å². The molecule has 0 aliphatic carbocycles. The molecule has 1 aromatic rings. The summed E-state index contributed by atoms with van der Waals surface area (Å²) in [5.74, 6) is 0. The van der Waals surface area contributed by atoms with Gasteiger partial charge in [-0.1, -0.05) is 36.8 Å². The standard InChI is InChI=1S/C13H19NO.ClH3O4/c15-13(11-6-2-1-3-7-11)10-12-8-4-5-9-14-12;2-1(3,4)5/h1-3,6-7,12-15H,4-5,8-10H2;2-4H. The summed E-state index contributed by atoms with van der Waals surface area (Å²) in [4.78, 5) is 0. The van der Waals surface area contributed by atoms with Gasteiger partial charge in [-0.2, -0.15) is 0 Å². The van der Waals surface area contributed by atoms with E-state index in [0.29, 0.717) is 6.04 Å². The van der Waals surface area contributed by atoms with E-state index < -0.39 is 10.2 Å². The molecule has 0 amide bonds. The molecule has 7 heteroatoms. The summed E-state index contributed by atoms with van der Waals surface area (Å²) < 4.78 is 30.2. The Bertz CT molecular complexity index is 359. The average molecular weight is 308 g/mol. The van der Waals surface area contributed by atoms with Crippen molar-refractivity contribution in [3.8, 4) is 0 Å². The molecule has 1 aliphatic heterocycles. The van der Waals surface area contributed by atoms with Crippen molar-refractivity contribution in [2.24, 2.45) is 0 Å². The Morgan fingerprint density at radius 1 is 1.20 bits per heavy atom. The predicted octanol–water partition coefficient (Wildman–Crippen LogP) is -0.608. The van der Waals surface area contributed by atoms with Gasteiger partial charge >= 0.3 is 28.9 Å². The summed E-state index contributed by atoms with van der Waals surface area (Å²) in [6, 6.07) is 10.4. The molecule has 6 nitrogen and oxygen atoms in total. The van der Waals surface area contributed by atoms with Gasteiger partial charge in [0.15, 0.2) is 0 Å². The molecule has 1 saturated heterocycles. The first-order valence-corrected chi connectivity index (χ1v) is 7.81. The van der Waals surface area contributed by atoms with Crippen molar-refractivity contribution in [3.05, 3.63) is 35.9 Å². The predicted molar refractivity (Wildman–Crippen MR) is 68.3 cm³/mol.